The summed E-state index contributed by atoms with van der Waals surface area (Å²) in [6.07, 6.45) is -8.74. The van der Waals surface area contributed by atoms with Crippen LogP contribution in [0.1, 0.15) is 54.0 Å². The van der Waals surface area contributed by atoms with E-state index >= 15 is 0 Å². The summed E-state index contributed by atoms with van der Waals surface area (Å²) in [5.41, 5.74) is -2.65. The molecule has 0 spiro atoms. The molecule has 2 saturated heterocycles. The highest BCUT2D eigenvalue weighted by Gasteiger charge is 2.39. The monoisotopic (exact) mass is 541 g/mol. The molecule has 0 aromatic heterocycles. The first-order valence-corrected chi connectivity index (χ1v) is 12.0. The summed E-state index contributed by atoms with van der Waals surface area (Å²) in [7, 11) is 0. The van der Waals surface area contributed by atoms with Crippen molar-refractivity contribution in [1.29, 1.82) is 0 Å². The maximum atomic E-state index is 13.3. The molecule has 2 fully saturated rings. The highest BCUT2D eigenvalue weighted by atomic mass is 19.4. The van der Waals surface area contributed by atoms with E-state index in [2.05, 4.69) is 5.32 Å². The van der Waals surface area contributed by atoms with Crippen LogP contribution in [0, 0.1) is 0 Å². The van der Waals surface area contributed by atoms with Crippen LogP contribution >= 0.6 is 0 Å². The highest BCUT2D eigenvalue weighted by Crippen LogP contribution is 2.36. The number of likely N-dealkylation sites (tertiary alicyclic amines) is 2. The van der Waals surface area contributed by atoms with Crippen LogP contribution in [-0.2, 0) is 33.3 Å². The quantitative estimate of drug-likeness (QED) is 0.426. The molecule has 0 radical (unpaired) electrons. The number of halogens is 6. The van der Waals surface area contributed by atoms with E-state index in [1.807, 2.05) is 4.90 Å². The molecule has 6 nitrogen and oxygen atoms in total. The smallest absolute Gasteiger partial charge is 0.350 e. The Balaban J connectivity index is 1.51. The third kappa shape index (κ3) is 6.17. The number of alkyl halides is 6. The predicted molar refractivity (Wildman–Crippen MR) is 123 cm³/mol. The number of carbonyl (C=O) groups excluding carboxylic acids is 3. The summed E-state index contributed by atoms with van der Waals surface area (Å²) in [5, 5.41) is 2.50. The maximum Gasteiger partial charge on any atom is 0.416 e. The fourth-order valence-corrected chi connectivity index (χ4v) is 4.97. The summed E-state index contributed by atoms with van der Waals surface area (Å²) < 4.78 is 79.3. The number of rotatable bonds is 6. The van der Waals surface area contributed by atoms with Gasteiger partial charge in [0.05, 0.1) is 11.1 Å². The second-order valence-electron chi connectivity index (χ2n) is 9.37. The number of nitrogens with one attached hydrogen (secondary N) is 1. The number of amides is 3. The Morgan fingerprint density at radius 3 is 1.89 bits per heavy atom. The zero-order valence-corrected chi connectivity index (χ0v) is 20.1. The van der Waals surface area contributed by atoms with Gasteiger partial charge in [0.25, 0.3) is 0 Å². The van der Waals surface area contributed by atoms with Crippen LogP contribution in [0.3, 0.4) is 0 Å². The number of benzene rings is 2. The van der Waals surface area contributed by atoms with Crippen molar-refractivity contribution in [3.63, 3.8) is 0 Å². The number of hydrogen-bond donors (Lipinski definition) is 1. The largest absolute Gasteiger partial charge is 0.416 e. The normalized spacial score (nSPS) is 18.6. The third-order valence-electron chi connectivity index (χ3n) is 6.80. The predicted octanol–water partition coefficient (Wildman–Crippen LogP) is 4.70. The number of hydrogen-bond acceptors (Lipinski definition) is 4. The first-order chi connectivity index (χ1) is 17.8. The average molecular weight is 541 g/mol. The first kappa shape index (κ1) is 27.6. The molecule has 1 unspecified atom stereocenters. The summed E-state index contributed by atoms with van der Waals surface area (Å²) in [5.74, 6) is -1.02. The molecule has 204 valence electrons. The van der Waals surface area contributed by atoms with Crippen LogP contribution < -0.4 is 5.32 Å². The Morgan fingerprint density at radius 2 is 1.39 bits per heavy atom. The summed E-state index contributed by atoms with van der Waals surface area (Å²) >= 11 is 0. The van der Waals surface area contributed by atoms with E-state index in [-0.39, 0.29) is 42.3 Å². The molecule has 2 aliphatic heterocycles. The van der Waals surface area contributed by atoms with Crippen LogP contribution in [0.5, 0.6) is 0 Å². The minimum absolute atomic E-state index is 0.0398. The van der Waals surface area contributed by atoms with Gasteiger partial charge in [-0.3, -0.25) is 24.2 Å². The lowest BCUT2D eigenvalue weighted by Crippen LogP contribution is -2.50. The number of imide groups is 1. The molecule has 0 saturated carbocycles. The van der Waals surface area contributed by atoms with Gasteiger partial charge in [-0.15, -0.1) is 0 Å². The Hall–Kier alpha value is -3.41. The molecule has 2 aromatic carbocycles. The minimum Gasteiger partial charge on any atom is -0.350 e. The van der Waals surface area contributed by atoms with Crippen molar-refractivity contribution in [2.75, 3.05) is 13.1 Å². The molecule has 4 rings (SSSR count). The van der Waals surface area contributed by atoms with Gasteiger partial charge in [-0.1, -0.05) is 30.3 Å². The van der Waals surface area contributed by atoms with Gasteiger partial charge in [-0.2, -0.15) is 26.3 Å². The van der Waals surface area contributed by atoms with Crippen molar-refractivity contribution in [2.24, 2.45) is 0 Å². The number of carbonyl (C=O) groups is 3. The molecule has 1 N–H and O–H groups in total. The second kappa shape index (κ2) is 10.8. The van der Waals surface area contributed by atoms with Crippen molar-refractivity contribution in [1.82, 2.24) is 15.1 Å². The van der Waals surface area contributed by atoms with Gasteiger partial charge in [0.2, 0.25) is 17.7 Å². The van der Waals surface area contributed by atoms with Crippen molar-refractivity contribution in [3.05, 3.63) is 70.8 Å². The fraction of sp³-hybridized carbons (Fsp3) is 0.423. The minimum atomic E-state index is -4.99. The molecule has 38 heavy (non-hydrogen) atoms. The van der Waals surface area contributed by atoms with Gasteiger partial charge in [-0.05, 0) is 42.2 Å². The lowest BCUT2D eigenvalue weighted by Gasteiger charge is -2.39. The van der Waals surface area contributed by atoms with Crippen molar-refractivity contribution >= 4 is 17.7 Å². The van der Waals surface area contributed by atoms with Crippen LogP contribution in [0.4, 0.5) is 26.3 Å². The summed E-state index contributed by atoms with van der Waals surface area (Å²) in [6.45, 7) is 0.176. The zero-order chi connectivity index (χ0) is 27.7. The number of nitrogens with zero attached hydrogens (tertiary/aromatic N) is 2. The van der Waals surface area contributed by atoms with Gasteiger partial charge < -0.3 is 5.32 Å². The van der Waals surface area contributed by atoms with Crippen LogP contribution in [0.25, 0.3) is 0 Å². The van der Waals surface area contributed by atoms with E-state index in [1.165, 1.54) is 4.90 Å². The standard InChI is InChI=1S/C26H25F6N3O3/c27-25(28,29)18-12-16(13-19(14-18)26(30,31)32)15-33-24(38)23(17-4-2-1-3-5-17)34-10-8-20(9-11-34)35-21(36)6-7-22(35)37/h1-5,12-14,20,23H,6-11,15H2,(H,33,38). The van der Waals surface area contributed by atoms with E-state index < -0.39 is 42.0 Å². The Kier molecular flexibility index (Phi) is 7.82. The molecule has 12 heteroatoms. The molecule has 2 aromatic rings. The zero-order valence-electron chi connectivity index (χ0n) is 20.1. The fourth-order valence-electron chi connectivity index (χ4n) is 4.97. The molecule has 2 aliphatic rings. The van der Waals surface area contributed by atoms with Crippen molar-refractivity contribution in [2.45, 2.75) is 56.7 Å². The molecule has 1 atom stereocenters. The summed E-state index contributed by atoms with van der Waals surface area (Å²) in [4.78, 5) is 40.6. The van der Waals surface area contributed by atoms with Crippen molar-refractivity contribution < 1.29 is 40.7 Å². The lowest BCUT2D eigenvalue weighted by molar-refractivity contribution is -0.144. The van der Waals surface area contributed by atoms with Gasteiger partial charge in [0.15, 0.2) is 0 Å². The van der Waals surface area contributed by atoms with Crippen LogP contribution in [0.2, 0.25) is 0 Å². The number of piperidine rings is 1. The SMILES string of the molecule is O=C(NCc1cc(C(F)(F)F)cc(C(F)(F)F)c1)C(c1ccccc1)N1CCC(N2C(=O)CCC2=O)CC1. The molecule has 0 bridgehead atoms. The lowest BCUT2D eigenvalue weighted by atomic mass is 9.97. The van der Waals surface area contributed by atoms with E-state index in [9.17, 15) is 40.7 Å². The molecular weight excluding hydrogens is 516 g/mol. The van der Waals surface area contributed by atoms with E-state index in [0.717, 1.165) is 0 Å². The van der Waals surface area contributed by atoms with Gasteiger partial charge in [-0.25, -0.2) is 0 Å². The third-order valence-corrected chi connectivity index (χ3v) is 6.80. The van der Waals surface area contributed by atoms with E-state index in [4.69, 9.17) is 0 Å². The second-order valence-corrected chi connectivity index (χ2v) is 9.37. The van der Waals surface area contributed by atoms with Crippen molar-refractivity contribution in [3.8, 4) is 0 Å². The molecule has 2 heterocycles. The van der Waals surface area contributed by atoms with Gasteiger partial charge in [0.1, 0.15) is 6.04 Å². The molecule has 0 aliphatic carbocycles. The maximum absolute atomic E-state index is 13.3. The average Bonchev–Trinajstić information content (AvgIpc) is 3.20. The molecule has 3 amide bonds. The molecular formula is C26H25F6N3O3. The van der Waals surface area contributed by atoms with E-state index in [1.54, 1.807) is 30.3 Å². The Labute approximate surface area is 214 Å². The topological polar surface area (TPSA) is 69.7 Å². The summed E-state index contributed by atoms with van der Waals surface area (Å²) in [6, 6.07) is 8.65. The first-order valence-electron chi connectivity index (χ1n) is 12.0. The highest BCUT2D eigenvalue weighted by molar-refractivity contribution is 6.02. The van der Waals surface area contributed by atoms with Gasteiger partial charge in [0, 0.05) is 38.5 Å². The Morgan fingerprint density at radius 1 is 0.868 bits per heavy atom. The Bertz CT molecular complexity index is 1140. The van der Waals surface area contributed by atoms with Crippen LogP contribution in [-0.4, -0.2) is 46.7 Å². The van der Waals surface area contributed by atoms with Crippen LogP contribution in [0.15, 0.2) is 48.5 Å². The van der Waals surface area contributed by atoms with Gasteiger partial charge >= 0.3 is 12.4 Å². The van der Waals surface area contributed by atoms with E-state index in [0.29, 0.717) is 43.6 Å².